The number of piperidine rings is 1. The summed E-state index contributed by atoms with van der Waals surface area (Å²) >= 11 is 0. The Hall–Kier alpha value is -1.46. The summed E-state index contributed by atoms with van der Waals surface area (Å²) in [5.74, 6) is 1.50. The molecule has 2 aliphatic rings. The van der Waals surface area contributed by atoms with Gasteiger partial charge in [-0.15, -0.1) is 12.4 Å². The Morgan fingerprint density at radius 2 is 2.10 bits per heavy atom. The van der Waals surface area contributed by atoms with Gasteiger partial charge in [-0.25, -0.2) is 0 Å². The Kier molecular flexibility index (Phi) is 4.73. The van der Waals surface area contributed by atoms with Gasteiger partial charge >= 0.3 is 0 Å². The van der Waals surface area contributed by atoms with Crippen LogP contribution in [0, 0.1) is 0 Å². The van der Waals surface area contributed by atoms with Crippen LogP contribution < -0.4 is 19.7 Å². The number of carbonyl (C=O) groups excluding carboxylic acids is 1. The summed E-state index contributed by atoms with van der Waals surface area (Å²) in [7, 11) is 1.76. The maximum atomic E-state index is 11.6. The van der Waals surface area contributed by atoms with Gasteiger partial charge in [0.05, 0.1) is 5.69 Å². The molecule has 2 heterocycles. The zero-order chi connectivity index (χ0) is 13.2. The number of nitrogens with zero attached hydrogens (tertiary/aromatic N) is 1. The average molecular weight is 299 g/mol. The predicted octanol–water partition coefficient (Wildman–Crippen LogP) is 1.59. The molecule has 0 aromatic heterocycles. The van der Waals surface area contributed by atoms with Gasteiger partial charge in [0, 0.05) is 13.1 Å². The average Bonchev–Trinajstić information content (AvgIpc) is 2.45. The monoisotopic (exact) mass is 298 g/mol. The van der Waals surface area contributed by atoms with Crippen LogP contribution >= 0.6 is 12.4 Å². The molecule has 1 N–H and O–H groups in total. The largest absolute Gasteiger partial charge is 0.490 e. The third-order valence-corrected chi connectivity index (χ3v) is 3.61. The third kappa shape index (κ3) is 2.99. The minimum atomic E-state index is -0.0356. The van der Waals surface area contributed by atoms with Crippen molar-refractivity contribution in [3.05, 3.63) is 18.2 Å². The fraction of sp³-hybridized carbons (Fsp3) is 0.500. The molecule has 3 rings (SSSR count). The van der Waals surface area contributed by atoms with Gasteiger partial charge in [-0.05, 0) is 38.1 Å². The molecule has 0 saturated carbocycles. The lowest BCUT2D eigenvalue weighted by Crippen LogP contribution is -2.36. The highest BCUT2D eigenvalue weighted by molar-refractivity contribution is 5.97. The minimum Gasteiger partial charge on any atom is -0.490 e. The molecular formula is C14H19ClN2O3. The molecule has 2 aliphatic heterocycles. The van der Waals surface area contributed by atoms with E-state index >= 15 is 0 Å². The smallest absolute Gasteiger partial charge is 0.264 e. The fourth-order valence-electron chi connectivity index (χ4n) is 2.43. The maximum absolute atomic E-state index is 11.6. The van der Waals surface area contributed by atoms with Crippen molar-refractivity contribution >= 4 is 24.0 Å². The van der Waals surface area contributed by atoms with Gasteiger partial charge in [-0.1, -0.05) is 0 Å². The lowest BCUT2D eigenvalue weighted by Gasteiger charge is -2.28. The molecule has 0 radical (unpaired) electrons. The Morgan fingerprint density at radius 3 is 2.85 bits per heavy atom. The van der Waals surface area contributed by atoms with E-state index in [4.69, 9.17) is 9.47 Å². The van der Waals surface area contributed by atoms with Crippen LogP contribution in [0.5, 0.6) is 11.5 Å². The van der Waals surface area contributed by atoms with E-state index in [1.165, 1.54) is 0 Å². The number of nitrogens with one attached hydrogen (secondary N) is 1. The molecule has 0 unspecified atom stereocenters. The highest BCUT2D eigenvalue weighted by atomic mass is 35.5. The normalized spacial score (nSPS) is 18.9. The number of carbonyl (C=O) groups is 1. The number of halogens is 1. The minimum absolute atomic E-state index is 0. The number of amides is 1. The SMILES string of the molecule is CN1C(=O)COc2ccc(OC3CCNCC3)cc21.Cl. The first-order valence-electron chi connectivity index (χ1n) is 6.65. The van der Waals surface area contributed by atoms with Crippen LogP contribution in [0.15, 0.2) is 18.2 Å². The molecule has 0 bridgehead atoms. The van der Waals surface area contributed by atoms with Gasteiger partial charge in [-0.3, -0.25) is 4.79 Å². The zero-order valence-electron chi connectivity index (χ0n) is 11.4. The lowest BCUT2D eigenvalue weighted by atomic mass is 10.1. The van der Waals surface area contributed by atoms with E-state index in [2.05, 4.69) is 5.32 Å². The molecule has 6 heteroatoms. The molecule has 1 aromatic rings. The number of anilines is 1. The lowest BCUT2D eigenvalue weighted by molar-refractivity contribution is -0.120. The van der Waals surface area contributed by atoms with E-state index in [0.717, 1.165) is 43.1 Å². The van der Waals surface area contributed by atoms with Crippen molar-refractivity contribution < 1.29 is 14.3 Å². The van der Waals surface area contributed by atoms with E-state index < -0.39 is 0 Å². The van der Waals surface area contributed by atoms with E-state index in [1.54, 1.807) is 11.9 Å². The quantitative estimate of drug-likeness (QED) is 0.901. The molecule has 1 aromatic carbocycles. The number of hydrogen-bond donors (Lipinski definition) is 1. The summed E-state index contributed by atoms with van der Waals surface area (Å²) < 4.78 is 11.4. The third-order valence-electron chi connectivity index (χ3n) is 3.61. The summed E-state index contributed by atoms with van der Waals surface area (Å²) in [5, 5.41) is 3.31. The Labute approximate surface area is 124 Å². The van der Waals surface area contributed by atoms with Crippen LogP contribution in [0.3, 0.4) is 0 Å². The predicted molar refractivity (Wildman–Crippen MR) is 79.1 cm³/mol. The van der Waals surface area contributed by atoms with Crippen LogP contribution in [-0.2, 0) is 4.79 Å². The van der Waals surface area contributed by atoms with Gasteiger partial charge in [0.1, 0.15) is 17.6 Å². The number of benzene rings is 1. The van der Waals surface area contributed by atoms with Crippen molar-refractivity contribution in [3.63, 3.8) is 0 Å². The standard InChI is InChI=1S/C14H18N2O3.ClH/c1-16-12-8-11(19-10-4-6-15-7-5-10)2-3-13(12)18-9-14(16)17;/h2-3,8,10,15H,4-7,9H2,1H3;1H. The number of ether oxygens (including phenoxy) is 2. The van der Waals surface area contributed by atoms with Crippen LogP contribution in [0.2, 0.25) is 0 Å². The first-order chi connectivity index (χ1) is 9.24. The molecule has 5 nitrogen and oxygen atoms in total. The van der Waals surface area contributed by atoms with E-state index in [0.29, 0.717) is 0 Å². The number of fused-ring (bicyclic) bond motifs is 1. The number of rotatable bonds is 2. The van der Waals surface area contributed by atoms with E-state index in [-0.39, 0.29) is 31.0 Å². The molecule has 1 fully saturated rings. The van der Waals surface area contributed by atoms with Crippen molar-refractivity contribution in [1.82, 2.24) is 5.32 Å². The van der Waals surface area contributed by atoms with Crippen LogP contribution in [0.4, 0.5) is 5.69 Å². The van der Waals surface area contributed by atoms with Gasteiger partial charge in [0.15, 0.2) is 6.61 Å². The maximum Gasteiger partial charge on any atom is 0.264 e. The van der Waals surface area contributed by atoms with Gasteiger partial charge in [0.2, 0.25) is 0 Å². The Balaban J connectivity index is 0.00000147. The molecule has 1 amide bonds. The summed E-state index contributed by atoms with van der Waals surface area (Å²) in [5.41, 5.74) is 0.780. The molecule has 0 spiro atoms. The van der Waals surface area contributed by atoms with Gasteiger partial charge < -0.3 is 19.7 Å². The second-order valence-corrected chi connectivity index (χ2v) is 4.94. The summed E-state index contributed by atoms with van der Waals surface area (Å²) in [4.78, 5) is 13.2. The highest BCUT2D eigenvalue weighted by Gasteiger charge is 2.23. The number of likely N-dealkylation sites (N-methyl/N-ethyl adjacent to an activating group) is 1. The summed E-state index contributed by atoms with van der Waals surface area (Å²) in [6.07, 6.45) is 2.29. The molecule has 1 saturated heterocycles. The first-order valence-corrected chi connectivity index (χ1v) is 6.65. The second kappa shape index (κ2) is 6.33. The number of hydrogen-bond acceptors (Lipinski definition) is 4. The van der Waals surface area contributed by atoms with Crippen molar-refractivity contribution in [1.29, 1.82) is 0 Å². The van der Waals surface area contributed by atoms with E-state index in [1.807, 2.05) is 18.2 Å². The molecule has 110 valence electrons. The fourth-order valence-corrected chi connectivity index (χ4v) is 2.43. The summed E-state index contributed by atoms with van der Waals surface area (Å²) in [6.45, 7) is 2.10. The highest BCUT2D eigenvalue weighted by Crippen LogP contribution is 2.35. The molecular weight excluding hydrogens is 280 g/mol. The topological polar surface area (TPSA) is 50.8 Å². The van der Waals surface area contributed by atoms with Crippen molar-refractivity contribution in [2.24, 2.45) is 0 Å². The van der Waals surface area contributed by atoms with Crippen molar-refractivity contribution in [2.45, 2.75) is 18.9 Å². The van der Waals surface area contributed by atoms with Gasteiger partial charge in [0.25, 0.3) is 5.91 Å². The molecule has 0 aliphatic carbocycles. The first kappa shape index (κ1) is 14.9. The van der Waals surface area contributed by atoms with Crippen LogP contribution in [0.25, 0.3) is 0 Å². The Bertz CT molecular complexity index is 489. The second-order valence-electron chi connectivity index (χ2n) is 4.94. The Morgan fingerprint density at radius 1 is 1.35 bits per heavy atom. The molecule has 20 heavy (non-hydrogen) atoms. The van der Waals surface area contributed by atoms with Crippen molar-refractivity contribution in [3.8, 4) is 11.5 Å². The van der Waals surface area contributed by atoms with E-state index in [9.17, 15) is 4.79 Å². The van der Waals surface area contributed by atoms with Crippen LogP contribution in [-0.4, -0.2) is 38.8 Å². The summed E-state index contributed by atoms with van der Waals surface area (Å²) in [6, 6.07) is 5.66. The van der Waals surface area contributed by atoms with Crippen molar-refractivity contribution in [2.75, 3.05) is 31.6 Å². The zero-order valence-corrected chi connectivity index (χ0v) is 12.2. The van der Waals surface area contributed by atoms with Gasteiger partial charge in [-0.2, -0.15) is 0 Å². The van der Waals surface area contributed by atoms with Crippen LogP contribution in [0.1, 0.15) is 12.8 Å². The molecule has 0 atom stereocenters.